The van der Waals surface area contributed by atoms with E-state index in [2.05, 4.69) is 0 Å². The van der Waals surface area contributed by atoms with E-state index < -0.39 is 35.0 Å². The Morgan fingerprint density at radius 3 is 2.17 bits per heavy atom. The average Bonchev–Trinajstić information content (AvgIpc) is 2.48. The Morgan fingerprint density at radius 2 is 1.75 bits per heavy atom. The van der Waals surface area contributed by atoms with E-state index in [1.807, 2.05) is 0 Å². The van der Waals surface area contributed by atoms with Crippen molar-refractivity contribution in [2.75, 3.05) is 0 Å². The van der Waals surface area contributed by atoms with Gasteiger partial charge in [-0.1, -0.05) is 20.8 Å². The molecule has 0 saturated heterocycles. The second-order valence-corrected chi connectivity index (χ2v) is 7.54. The normalized spacial score (nSPS) is 17.2. The largest absolute Gasteiger partial charge is 0.480 e. The Hall–Kier alpha value is -2.51. The molecule has 8 nitrogen and oxygen atoms in total. The zero-order valence-corrected chi connectivity index (χ0v) is 14.9. The summed E-state index contributed by atoms with van der Waals surface area (Å²) in [6.45, 7) is 9.97. The second-order valence-electron chi connectivity index (χ2n) is 7.54. The third-order valence-electron chi connectivity index (χ3n) is 3.07. The minimum Gasteiger partial charge on any atom is -0.480 e. The number of carboxylic acids is 1. The number of amides is 2. The van der Waals surface area contributed by atoms with E-state index >= 15 is 0 Å². The van der Waals surface area contributed by atoms with E-state index in [4.69, 9.17) is 10.5 Å². The summed E-state index contributed by atoms with van der Waals surface area (Å²) in [5, 5.41) is 11.3. The number of nitrogens with zero attached hydrogens (tertiary/aromatic N) is 2. The Morgan fingerprint density at radius 1 is 1.21 bits per heavy atom. The first-order valence-electron chi connectivity index (χ1n) is 7.48. The minimum atomic E-state index is -1.33. The third-order valence-corrected chi connectivity index (χ3v) is 3.07. The van der Waals surface area contributed by atoms with Crippen LogP contribution < -0.4 is 5.73 Å². The van der Waals surface area contributed by atoms with E-state index in [0.717, 1.165) is 10.0 Å². The van der Waals surface area contributed by atoms with Crippen LogP contribution in [0.25, 0.3) is 0 Å². The van der Waals surface area contributed by atoms with Gasteiger partial charge in [0.2, 0.25) is 0 Å². The number of allylic oxidation sites excluding steroid dienone is 2. The monoisotopic (exact) mass is 339 g/mol. The van der Waals surface area contributed by atoms with Crippen LogP contribution in [0.15, 0.2) is 24.0 Å². The van der Waals surface area contributed by atoms with Gasteiger partial charge in [0, 0.05) is 6.20 Å². The fraction of sp³-hybridized carbons (Fsp3) is 0.562. The molecule has 1 heterocycles. The van der Waals surface area contributed by atoms with Crippen LogP contribution >= 0.6 is 0 Å². The van der Waals surface area contributed by atoms with Crippen molar-refractivity contribution in [2.24, 2.45) is 11.1 Å². The molecule has 0 saturated carbocycles. The molecule has 134 valence electrons. The molecule has 1 aliphatic heterocycles. The fourth-order valence-electron chi connectivity index (χ4n) is 2.14. The molecule has 0 aromatic rings. The van der Waals surface area contributed by atoms with Crippen LogP contribution in [0.2, 0.25) is 0 Å². The van der Waals surface area contributed by atoms with Crippen molar-refractivity contribution in [1.82, 2.24) is 10.0 Å². The highest BCUT2D eigenvalue weighted by molar-refractivity contribution is 5.97. The lowest BCUT2D eigenvalue weighted by Gasteiger charge is -2.41. The predicted molar refractivity (Wildman–Crippen MR) is 87.2 cm³/mol. The molecule has 0 aromatic carbocycles. The third kappa shape index (κ3) is 4.50. The highest BCUT2D eigenvalue weighted by Gasteiger charge is 2.45. The molecule has 24 heavy (non-hydrogen) atoms. The van der Waals surface area contributed by atoms with E-state index in [1.165, 1.54) is 18.4 Å². The smallest absolute Gasteiger partial charge is 0.433 e. The molecule has 2 amide bonds. The van der Waals surface area contributed by atoms with Crippen molar-refractivity contribution in [3.8, 4) is 0 Å². The first-order chi connectivity index (χ1) is 10.8. The Labute approximate surface area is 141 Å². The quantitative estimate of drug-likeness (QED) is 0.793. The van der Waals surface area contributed by atoms with Gasteiger partial charge in [0.05, 0.1) is 5.70 Å². The van der Waals surface area contributed by atoms with Crippen LogP contribution in [0, 0.1) is 5.41 Å². The molecule has 0 aromatic heterocycles. The van der Waals surface area contributed by atoms with Crippen molar-refractivity contribution >= 4 is 18.0 Å². The zero-order valence-electron chi connectivity index (χ0n) is 14.9. The number of aliphatic carboxylic acids is 1. The number of rotatable bonds is 2. The van der Waals surface area contributed by atoms with Crippen molar-refractivity contribution in [2.45, 2.75) is 53.2 Å². The highest BCUT2D eigenvalue weighted by Crippen LogP contribution is 2.29. The molecule has 0 bridgehead atoms. The van der Waals surface area contributed by atoms with Crippen molar-refractivity contribution in [1.29, 1.82) is 0 Å². The van der Waals surface area contributed by atoms with Crippen molar-refractivity contribution in [3.63, 3.8) is 0 Å². The van der Waals surface area contributed by atoms with Crippen LogP contribution in [-0.4, -0.2) is 44.7 Å². The number of hydrogen-bond donors (Lipinski definition) is 2. The first-order valence-corrected chi connectivity index (χ1v) is 7.48. The fourth-order valence-corrected chi connectivity index (χ4v) is 2.14. The predicted octanol–water partition coefficient (Wildman–Crippen LogP) is 1.84. The van der Waals surface area contributed by atoms with Crippen molar-refractivity contribution < 1.29 is 24.2 Å². The van der Waals surface area contributed by atoms with Crippen molar-refractivity contribution in [3.05, 3.63) is 24.0 Å². The molecule has 0 radical (unpaired) electrons. The number of nitrogens with two attached hydrogens (primary N) is 1. The van der Waals surface area contributed by atoms with E-state index in [-0.39, 0.29) is 5.70 Å². The summed E-state index contributed by atoms with van der Waals surface area (Å²) in [6, 6.07) is -1.33. The lowest BCUT2D eigenvalue weighted by molar-refractivity contribution is -0.166. The molecule has 0 fully saturated rings. The van der Waals surface area contributed by atoms with E-state index in [9.17, 15) is 19.5 Å². The van der Waals surface area contributed by atoms with Crippen LogP contribution in [-0.2, 0) is 14.3 Å². The maximum absolute atomic E-state index is 12.6. The van der Waals surface area contributed by atoms with Gasteiger partial charge in [-0.05, 0) is 38.3 Å². The number of ether oxygens (including phenoxy) is 1. The summed E-state index contributed by atoms with van der Waals surface area (Å²) in [6.07, 6.45) is 3.08. The van der Waals surface area contributed by atoms with Gasteiger partial charge in [0.25, 0.3) is 5.91 Å². The summed E-state index contributed by atoms with van der Waals surface area (Å²) in [4.78, 5) is 36.9. The molecule has 1 aliphatic rings. The molecule has 1 atom stereocenters. The van der Waals surface area contributed by atoms with Gasteiger partial charge in [-0.15, -0.1) is 0 Å². The van der Waals surface area contributed by atoms with Crippen LogP contribution in [0.4, 0.5) is 4.79 Å². The minimum absolute atomic E-state index is 0.173. The number of carbonyl (C=O) groups is 3. The molecule has 3 N–H and O–H groups in total. The number of carbonyl (C=O) groups excluding carboxylic acids is 2. The topological polar surface area (TPSA) is 113 Å². The standard InChI is InChI=1S/C16H25N3O5/c1-15(2,3)11(13(21)22)19-12(20)10(17)8-7-9-18(19)14(23)24-16(4,5)6/h7-9,11H,17H2,1-6H3,(H,21,22). The highest BCUT2D eigenvalue weighted by atomic mass is 16.6. The molecule has 8 heteroatoms. The van der Waals surface area contributed by atoms with Gasteiger partial charge in [-0.2, -0.15) is 5.01 Å². The SMILES string of the molecule is CC(C)(C)OC(=O)N1C=CC=C(N)C(=O)N1C(C(=O)O)C(C)(C)C. The van der Waals surface area contributed by atoms with Crippen LogP contribution in [0.5, 0.6) is 0 Å². The van der Waals surface area contributed by atoms with E-state index in [1.54, 1.807) is 41.5 Å². The Balaban J connectivity index is 3.41. The summed E-state index contributed by atoms with van der Waals surface area (Å²) in [5.41, 5.74) is 3.84. The van der Waals surface area contributed by atoms with Gasteiger partial charge in [-0.3, -0.25) is 4.79 Å². The molecular formula is C16H25N3O5. The average molecular weight is 339 g/mol. The summed E-state index contributed by atoms with van der Waals surface area (Å²) >= 11 is 0. The number of hydrogen-bond acceptors (Lipinski definition) is 5. The Bertz CT molecular complexity index is 596. The van der Waals surface area contributed by atoms with Gasteiger partial charge in [0.15, 0.2) is 6.04 Å². The van der Waals surface area contributed by atoms with Gasteiger partial charge in [-0.25, -0.2) is 14.6 Å². The summed E-state index contributed by atoms with van der Waals surface area (Å²) in [7, 11) is 0. The second kappa shape index (κ2) is 6.54. The molecular weight excluding hydrogens is 314 g/mol. The van der Waals surface area contributed by atoms with Gasteiger partial charge < -0.3 is 15.6 Å². The molecule has 0 aliphatic carbocycles. The molecule has 1 unspecified atom stereocenters. The molecule has 1 rings (SSSR count). The Kier molecular flexibility index (Phi) is 5.33. The van der Waals surface area contributed by atoms with Crippen LogP contribution in [0.3, 0.4) is 0 Å². The summed E-state index contributed by atoms with van der Waals surface area (Å²) in [5.74, 6) is -2.04. The molecule has 0 spiro atoms. The number of carboxylic acid groups (broad SMARTS) is 1. The lowest BCUT2D eigenvalue weighted by Crippen LogP contribution is -2.60. The first kappa shape index (κ1) is 19.5. The maximum atomic E-state index is 12.6. The van der Waals surface area contributed by atoms with E-state index in [0.29, 0.717) is 0 Å². The van der Waals surface area contributed by atoms with Crippen LogP contribution in [0.1, 0.15) is 41.5 Å². The number of hydrazine groups is 1. The lowest BCUT2D eigenvalue weighted by atomic mass is 9.86. The summed E-state index contributed by atoms with van der Waals surface area (Å²) < 4.78 is 5.27. The van der Waals surface area contributed by atoms with Gasteiger partial charge in [0.1, 0.15) is 5.60 Å². The zero-order chi connectivity index (χ0) is 18.9. The van der Waals surface area contributed by atoms with Gasteiger partial charge >= 0.3 is 12.1 Å². The maximum Gasteiger partial charge on any atom is 0.433 e.